The second-order valence-corrected chi connectivity index (χ2v) is 15.8. The van der Waals surface area contributed by atoms with Crippen LogP contribution in [0.15, 0.2) is 41.8 Å². The van der Waals surface area contributed by atoms with E-state index in [-0.39, 0.29) is 30.1 Å². The summed E-state index contributed by atoms with van der Waals surface area (Å²) < 4.78 is 21.9. The lowest BCUT2D eigenvalue weighted by Crippen LogP contribution is -2.51. The van der Waals surface area contributed by atoms with Crippen LogP contribution in [0.1, 0.15) is 91.4 Å². The van der Waals surface area contributed by atoms with E-state index in [2.05, 4.69) is 24.5 Å². The van der Waals surface area contributed by atoms with Crippen LogP contribution in [0.4, 0.5) is 9.93 Å². The number of carbonyl (C=O) groups excluding carboxylic acids is 4. The van der Waals surface area contributed by atoms with Crippen LogP contribution >= 0.6 is 11.3 Å². The number of nitrogens with two attached hydrogens (primary N) is 1. The summed E-state index contributed by atoms with van der Waals surface area (Å²) in [6, 6.07) is 6.54. The Morgan fingerprint density at radius 1 is 1.00 bits per heavy atom. The van der Waals surface area contributed by atoms with Crippen molar-refractivity contribution in [3.8, 4) is 22.9 Å². The van der Waals surface area contributed by atoms with Crippen LogP contribution in [0.2, 0.25) is 0 Å². The van der Waals surface area contributed by atoms with Crippen LogP contribution in [0, 0.1) is 5.92 Å². The van der Waals surface area contributed by atoms with Crippen LogP contribution in [0.5, 0.6) is 11.5 Å². The van der Waals surface area contributed by atoms with Crippen molar-refractivity contribution in [1.29, 1.82) is 0 Å². The van der Waals surface area contributed by atoms with Crippen molar-refractivity contribution >= 4 is 51.6 Å². The summed E-state index contributed by atoms with van der Waals surface area (Å²) in [5, 5.41) is 9.92. The first-order valence-electron chi connectivity index (χ1n) is 19.9. The monoisotopic (exact) mass is 808 g/mol. The fourth-order valence-corrected chi connectivity index (χ4v) is 7.83. The Morgan fingerprint density at radius 3 is 2.40 bits per heavy atom. The van der Waals surface area contributed by atoms with Crippen molar-refractivity contribution < 1.29 is 38.1 Å². The average Bonchev–Trinajstić information content (AvgIpc) is 3.96. The summed E-state index contributed by atoms with van der Waals surface area (Å²) in [5.41, 5.74) is 6.95. The molecule has 5 rings (SSSR count). The van der Waals surface area contributed by atoms with E-state index in [0.29, 0.717) is 36.6 Å². The third kappa shape index (κ3) is 14.0. The van der Waals surface area contributed by atoms with Gasteiger partial charge in [-0.25, -0.2) is 19.6 Å². The van der Waals surface area contributed by atoms with E-state index in [1.54, 1.807) is 7.11 Å². The van der Waals surface area contributed by atoms with Gasteiger partial charge >= 0.3 is 12.1 Å². The number of unbranched alkanes of at least 4 members (excludes halogenated alkanes) is 5. The first kappa shape index (κ1) is 44.9. The summed E-state index contributed by atoms with van der Waals surface area (Å²) >= 11 is 1.52. The predicted molar refractivity (Wildman–Crippen MR) is 223 cm³/mol. The van der Waals surface area contributed by atoms with E-state index < -0.39 is 24.1 Å². The van der Waals surface area contributed by atoms with Gasteiger partial charge in [0.2, 0.25) is 5.91 Å². The number of esters is 1. The van der Waals surface area contributed by atoms with Crippen LogP contribution in [0.3, 0.4) is 0 Å². The van der Waals surface area contributed by atoms with Gasteiger partial charge in [-0.1, -0.05) is 31.9 Å². The Hall–Kier alpha value is -4.76. The molecule has 1 aliphatic heterocycles. The number of hydrogen-bond donors (Lipinski definition) is 3. The summed E-state index contributed by atoms with van der Waals surface area (Å²) in [6.07, 6.45) is 14.4. The number of likely N-dealkylation sites (tertiary alicyclic amines) is 1. The number of allylic oxidation sites excluding steroid dienone is 1. The molecule has 1 saturated heterocycles. The SMILES string of the molecule is COC(=O)C(NC(=O)C1C[C@@H](Oc2cc(-c3csc(NC(C)C)n3)nc3cc(OC)ccc23)CN1C)C(C)/C=C\CCCCCCC=O.NC(=O)OC1CCCC1. The summed E-state index contributed by atoms with van der Waals surface area (Å²) in [4.78, 5) is 58.5. The number of primary amides is 1. The van der Waals surface area contributed by atoms with Crippen molar-refractivity contribution in [1.82, 2.24) is 20.2 Å². The lowest BCUT2D eigenvalue weighted by atomic mass is 9.99. The molecule has 4 atom stereocenters. The van der Waals surface area contributed by atoms with Gasteiger partial charge in [-0.2, -0.15) is 0 Å². The number of anilines is 1. The zero-order valence-corrected chi connectivity index (χ0v) is 35.0. The number of nitrogens with one attached hydrogen (secondary N) is 2. The number of thiazole rings is 1. The first-order valence-corrected chi connectivity index (χ1v) is 20.8. The number of likely N-dealkylation sites (N-methyl/N-ethyl adjacent to an activating group) is 1. The number of amides is 2. The second-order valence-electron chi connectivity index (χ2n) is 15.0. The van der Waals surface area contributed by atoms with E-state index in [1.807, 2.05) is 60.7 Å². The molecule has 2 aromatic heterocycles. The third-order valence-electron chi connectivity index (χ3n) is 10.0. The Morgan fingerprint density at radius 2 is 1.74 bits per heavy atom. The normalized spacial score (nSPS) is 18.2. The van der Waals surface area contributed by atoms with Crippen molar-refractivity contribution in [3.63, 3.8) is 0 Å². The fraction of sp³-hybridized carbons (Fsp3) is 0.571. The number of aldehydes is 1. The van der Waals surface area contributed by atoms with E-state index in [0.717, 1.165) is 85.8 Å². The molecule has 0 spiro atoms. The average molecular weight is 809 g/mol. The minimum atomic E-state index is -0.811. The van der Waals surface area contributed by atoms with Crippen LogP contribution in [-0.4, -0.2) is 97.3 Å². The maximum atomic E-state index is 13.6. The smallest absolute Gasteiger partial charge is 0.404 e. The summed E-state index contributed by atoms with van der Waals surface area (Å²) in [7, 11) is 4.84. The number of ether oxygens (including phenoxy) is 4. The maximum absolute atomic E-state index is 13.6. The molecule has 3 aromatic rings. The number of pyridine rings is 1. The van der Waals surface area contributed by atoms with Gasteiger partial charge in [0.05, 0.1) is 31.5 Å². The molecule has 0 bridgehead atoms. The number of nitrogens with zero attached hydrogens (tertiary/aromatic N) is 3. The molecule has 312 valence electrons. The molecule has 3 unspecified atom stereocenters. The van der Waals surface area contributed by atoms with Gasteiger partial charge in [0.25, 0.3) is 0 Å². The highest BCUT2D eigenvalue weighted by Crippen LogP contribution is 2.35. The Balaban J connectivity index is 0.000000702. The van der Waals surface area contributed by atoms with E-state index in [9.17, 15) is 19.2 Å². The highest BCUT2D eigenvalue weighted by molar-refractivity contribution is 7.14. The van der Waals surface area contributed by atoms with Crippen molar-refractivity contribution in [2.45, 2.75) is 122 Å². The first-order chi connectivity index (χ1) is 27.4. The molecule has 15 heteroatoms. The minimum absolute atomic E-state index is 0.113. The molecule has 3 heterocycles. The minimum Gasteiger partial charge on any atom is -0.497 e. The van der Waals surface area contributed by atoms with Crippen molar-refractivity contribution in [2.75, 3.05) is 33.1 Å². The van der Waals surface area contributed by atoms with Crippen LogP contribution in [-0.2, 0) is 23.9 Å². The Bertz CT molecular complexity index is 1790. The molecular formula is C42H60N6O8S. The van der Waals surface area contributed by atoms with E-state index in [4.69, 9.17) is 34.6 Å². The molecule has 1 saturated carbocycles. The highest BCUT2D eigenvalue weighted by Gasteiger charge is 2.38. The number of methoxy groups -OCH3 is 2. The van der Waals surface area contributed by atoms with Crippen molar-refractivity contribution in [2.24, 2.45) is 11.7 Å². The number of benzene rings is 1. The second kappa shape index (κ2) is 22.8. The Labute approximate surface area is 340 Å². The molecule has 1 aromatic carbocycles. The van der Waals surface area contributed by atoms with Gasteiger partial charge in [0.15, 0.2) is 5.13 Å². The molecule has 57 heavy (non-hydrogen) atoms. The Kier molecular flexibility index (Phi) is 18.0. The van der Waals surface area contributed by atoms with Gasteiger partial charge in [-0.05, 0) is 78.0 Å². The topological polar surface area (TPSA) is 184 Å². The molecule has 14 nitrogen and oxygen atoms in total. The number of rotatable bonds is 19. The lowest BCUT2D eigenvalue weighted by Gasteiger charge is -2.24. The number of carbonyl (C=O) groups is 4. The molecule has 4 N–H and O–H groups in total. The predicted octanol–water partition coefficient (Wildman–Crippen LogP) is 7.05. The van der Waals surface area contributed by atoms with Crippen LogP contribution < -0.4 is 25.8 Å². The number of fused-ring (bicyclic) bond motifs is 1. The largest absolute Gasteiger partial charge is 0.497 e. The van der Waals surface area contributed by atoms with E-state index >= 15 is 0 Å². The van der Waals surface area contributed by atoms with E-state index in [1.165, 1.54) is 18.4 Å². The molecular weight excluding hydrogens is 749 g/mol. The zero-order valence-electron chi connectivity index (χ0n) is 34.2. The van der Waals surface area contributed by atoms with Gasteiger partial charge in [-0.3, -0.25) is 9.69 Å². The number of hydrogen-bond acceptors (Lipinski definition) is 13. The molecule has 2 aliphatic rings. The molecule has 1 aliphatic carbocycles. The zero-order chi connectivity index (χ0) is 41.3. The standard InChI is InChI=1S/C36H49N5O6S.C6H11NO2/c1-23(2)37-36-39-30(22-48-36)29-20-32(27-16-15-25(45-5)18-28(27)38-29)47-26-19-31(41(4)21-26)34(43)40-33(35(44)46-6)24(3)14-12-10-8-7-9-11-13-17-42;7-6(8)9-5-3-1-2-4-5/h12,14-18,20,22-24,26,31,33H,7-11,13,19,21H2,1-6H3,(H,37,39)(H,40,43);5H,1-4H2,(H2,7,8)/b14-12-;/t24?,26-,31?,33?;/m1./s1. The molecule has 2 amide bonds. The highest BCUT2D eigenvalue weighted by atomic mass is 32.1. The molecule has 0 radical (unpaired) electrons. The molecule has 2 fully saturated rings. The van der Waals surface area contributed by atoms with Gasteiger partial charge in [0.1, 0.15) is 41.7 Å². The third-order valence-corrected chi connectivity index (χ3v) is 10.8. The quantitative estimate of drug-likeness (QED) is 0.0486. The van der Waals surface area contributed by atoms with Gasteiger partial charge < -0.3 is 40.1 Å². The fourth-order valence-electron chi connectivity index (χ4n) is 6.98. The summed E-state index contributed by atoms with van der Waals surface area (Å²) in [5.74, 6) is 0.357. The van der Waals surface area contributed by atoms with Crippen molar-refractivity contribution in [3.05, 3.63) is 41.8 Å². The number of aromatic nitrogens is 2. The maximum Gasteiger partial charge on any atom is 0.404 e. The van der Waals surface area contributed by atoms with Gasteiger partial charge in [-0.15, -0.1) is 11.3 Å². The lowest BCUT2D eigenvalue weighted by molar-refractivity contribution is -0.146. The summed E-state index contributed by atoms with van der Waals surface area (Å²) in [6.45, 7) is 6.56. The van der Waals surface area contributed by atoms with Gasteiger partial charge in [0, 0.05) is 54.2 Å². The van der Waals surface area contributed by atoms with Crippen LogP contribution in [0.25, 0.3) is 22.3 Å².